The summed E-state index contributed by atoms with van der Waals surface area (Å²) < 4.78 is 41.4. The molecular weight excluding hydrogens is 375 g/mol. The van der Waals surface area contributed by atoms with Crippen LogP contribution < -0.4 is 4.90 Å². The molecule has 3 aliphatic heterocycles. The lowest BCUT2D eigenvalue weighted by Crippen LogP contribution is -2.38. The van der Waals surface area contributed by atoms with E-state index in [1.807, 2.05) is 6.07 Å². The highest BCUT2D eigenvalue weighted by atomic mass is 19.4. The van der Waals surface area contributed by atoms with Crippen LogP contribution in [0.4, 0.5) is 18.9 Å². The molecule has 6 heteroatoms. The van der Waals surface area contributed by atoms with E-state index in [0.29, 0.717) is 18.0 Å². The molecule has 4 rings (SSSR count). The van der Waals surface area contributed by atoms with Gasteiger partial charge < -0.3 is 9.80 Å². The SMILES string of the molecule is FC(F)(F)c1cc(N2CCC(CN3CCCC3)CC2)ccc1CN1CCCCC1. The van der Waals surface area contributed by atoms with Crippen molar-refractivity contribution in [1.29, 1.82) is 0 Å². The van der Waals surface area contributed by atoms with Gasteiger partial charge in [0.05, 0.1) is 5.56 Å². The van der Waals surface area contributed by atoms with Gasteiger partial charge in [0.15, 0.2) is 0 Å². The minimum Gasteiger partial charge on any atom is -0.372 e. The van der Waals surface area contributed by atoms with Crippen molar-refractivity contribution in [2.45, 2.75) is 57.7 Å². The summed E-state index contributed by atoms with van der Waals surface area (Å²) in [4.78, 5) is 6.87. The van der Waals surface area contributed by atoms with E-state index in [4.69, 9.17) is 0 Å². The van der Waals surface area contributed by atoms with Gasteiger partial charge in [-0.1, -0.05) is 12.5 Å². The van der Waals surface area contributed by atoms with Crippen LogP contribution in [0.2, 0.25) is 0 Å². The van der Waals surface area contributed by atoms with Crippen LogP contribution in [0.15, 0.2) is 18.2 Å². The topological polar surface area (TPSA) is 9.72 Å². The molecule has 0 spiro atoms. The van der Waals surface area contributed by atoms with Crippen molar-refractivity contribution in [3.8, 4) is 0 Å². The van der Waals surface area contributed by atoms with E-state index in [1.54, 1.807) is 6.07 Å². The maximum atomic E-state index is 13.8. The van der Waals surface area contributed by atoms with Gasteiger partial charge >= 0.3 is 6.18 Å². The van der Waals surface area contributed by atoms with Crippen molar-refractivity contribution in [3.05, 3.63) is 29.3 Å². The van der Waals surface area contributed by atoms with Crippen LogP contribution in [0.25, 0.3) is 0 Å². The summed E-state index contributed by atoms with van der Waals surface area (Å²) in [6, 6.07) is 5.04. The van der Waals surface area contributed by atoms with Gasteiger partial charge in [-0.05, 0) is 88.3 Å². The predicted molar refractivity (Wildman–Crippen MR) is 111 cm³/mol. The van der Waals surface area contributed by atoms with E-state index < -0.39 is 11.7 Å². The van der Waals surface area contributed by atoms with E-state index >= 15 is 0 Å². The van der Waals surface area contributed by atoms with Crippen molar-refractivity contribution in [1.82, 2.24) is 9.80 Å². The first-order valence-electron chi connectivity index (χ1n) is 11.4. The number of halogens is 3. The third-order valence-corrected chi connectivity index (χ3v) is 6.94. The lowest BCUT2D eigenvalue weighted by atomic mass is 9.95. The fourth-order valence-corrected chi connectivity index (χ4v) is 5.23. The summed E-state index contributed by atoms with van der Waals surface area (Å²) >= 11 is 0. The number of anilines is 1. The zero-order valence-corrected chi connectivity index (χ0v) is 17.4. The molecule has 0 bridgehead atoms. The first-order chi connectivity index (χ1) is 14.0. The van der Waals surface area contributed by atoms with Gasteiger partial charge in [0.1, 0.15) is 0 Å². The molecule has 3 nitrogen and oxygen atoms in total. The average molecular weight is 410 g/mol. The smallest absolute Gasteiger partial charge is 0.372 e. The highest BCUT2D eigenvalue weighted by Crippen LogP contribution is 2.36. The molecule has 0 amide bonds. The van der Waals surface area contributed by atoms with Crippen LogP contribution in [0.5, 0.6) is 0 Å². The van der Waals surface area contributed by atoms with Gasteiger partial charge in [-0.25, -0.2) is 0 Å². The molecular formula is C23H34F3N3. The lowest BCUT2D eigenvalue weighted by Gasteiger charge is -2.36. The van der Waals surface area contributed by atoms with Gasteiger partial charge in [0.2, 0.25) is 0 Å². The maximum Gasteiger partial charge on any atom is 0.416 e. The molecule has 0 unspecified atom stereocenters. The molecule has 0 N–H and O–H groups in total. The Labute approximate surface area is 172 Å². The highest BCUT2D eigenvalue weighted by molar-refractivity contribution is 5.52. The number of benzene rings is 1. The average Bonchev–Trinajstić information content (AvgIpc) is 3.22. The van der Waals surface area contributed by atoms with E-state index in [2.05, 4.69) is 14.7 Å². The minimum atomic E-state index is -4.30. The quantitative estimate of drug-likeness (QED) is 0.677. The van der Waals surface area contributed by atoms with Crippen LogP contribution in [-0.2, 0) is 12.7 Å². The van der Waals surface area contributed by atoms with Crippen molar-refractivity contribution >= 4 is 5.69 Å². The van der Waals surface area contributed by atoms with Gasteiger partial charge in [-0.2, -0.15) is 13.2 Å². The van der Waals surface area contributed by atoms with E-state index in [-0.39, 0.29) is 0 Å². The largest absolute Gasteiger partial charge is 0.416 e. The van der Waals surface area contributed by atoms with Gasteiger partial charge in [-0.3, -0.25) is 4.90 Å². The first kappa shape index (κ1) is 21.0. The molecule has 3 saturated heterocycles. The van der Waals surface area contributed by atoms with E-state index in [0.717, 1.165) is 64.1 Å². The highest BCUT2D eigenvalue weighted by Gasteiger charge is 2.35. The second-order valence-corrected chi connectivity index (χ2v) is 9.11. The Morgan fingerprint density at radius 1 is 0.793 bits per heavy atom. The molecule has 29 heavy (non-hydrogen) atoms. The zero-order chi connectivity index (χ0) is 20.3. The Balaban J connectivity index is 1.41. The molecule has 1 aromatic carbocycles. The summed E-state index contributed by atoms with van der Waals surface area (Å²) in [5.41, 5.74) is 0.714. The van der Waals surface area contributed by atoms with Crippen LogP contribution in [0, 0.1) is 5.92 Å². The summed E-state index contributed by atoms with van der Waals surface area (Å²) in [7, 11) is 0. The molecule has 0 saturated carbocycles. The van der Waals surface area contributed by atoms with E-state index in [9.17, 15) is 13.2 Å². The molecule has 0 aromatic heterocycles. The maximum absolute atomic E-state index is 13.8. The first-order valence-corrected chi connectivity index (χ1v) is 11.4. The number of hydrogen-bond donors (Lipinski definition) is 0. The van der Waals surface area contributed by atoms with Gasteiger partial charge in [0.25, 0.3) is 0 Å². The normalized spacial score (nSPS) is 23.1. The Morgan fingerprint density at radius 3 is 2.07 bits per heavy atom. The Bertz CT molecular complexity index is 656. The summed E-state index contributed by atoms with van der Waals surface area (Å²) in [6.07, 6.45) is 3.84. The number of piperidine rings is 2. The number of alkyl halides is 3. The van der Waals surface area contributed by atoms with Crippen LogP contribution in [-0.4, -0.2) is 55.6 Å². The summed E-state index contributed by atoms with van der Waals surface area (Å²) in [6.45, 7) is 7.54. The Hall–Kier alpha value is -1.27. The van der Waals surface area contributed by atoms with Gasteiger partial charge in [-0.15, -0.1) is 0 Å². The molecule has 1 aromatic rings. The molecule has 3 aliphatic rings. The standard InChI is InChI=1S/C23H34F3N3/c24-23(25,26)22-16-21(7-6-20(22)18-28-10-2-1-3-11-28)29-14-8-19(9-15-29)17-27-12-4-5-13-27/h6-7,16,19H,1-5,8-15,17-18H2. The molecule has 162 valence electrons. The molecule has 3 heterocycles. The second-order valence-electron chi connectivity index (χ2n) is 9.11. The molecule has 0 aliphatic carbocycles. The van der Waals surface area contributed by atoms with Crippen molar-refractivity contribution in [2.24, 2.45) is 5.92 Å². The second kappa shape index (κ2) is 9.25. The van der Waals surface area contributed by atoms with Crippen molar-refractivity contribution in [2.75, 3.05) is 50.7 Å². The van der Waals surface area contributed by atoms with Crippen LogP contribution >= 0.6 is 0 Å². The Morgan fingerprint density at radius 2 is 1.41 bits per heavy atom. The summed E-state index contributed by atoms with van der Waals surface area (Å²) in [5, 5.41) is 0. The predicted octanol–water partition coefficient (Wildman–Crippen LogP) is 5.00. The minimum absolute atomic E-state index is 0.410. The third kappa shape index (κ3) is 5.46. The molecule has 0 atom stereocenters. The third-order valence-electron chi connectivity index (χ3n) is 6.94. The zero-order valence-electron chi connectivity index (χ0n) is 17.4. The number of nitrogens with zero attached hydrogens (tertiary/aromatic N) is 3. The van der Waals surface area contributed by atoms with E-state index in [1.165, 1.54) is 38.4 Å². The lowest BCUT2D eigenvalue weighted by molar-refractivity contribution is -0.138. The fraction of sp³-hybridized carbons (Fsp3) is 0.739. The number of rotatable bonds is 5. The number of likely N-dealkylation sites (tertiary alicyclic amines) is 2. The van der Waals surface area contributed by atoms with Gasteiger partial charge in [0, 0.05) is 31.9 Å². The van der Waals surface area contributed by atoms with Crippen molar-refractivity contribution < 1.29 is 13.2 Å². The van der Waals surface area contributed by atoms with Crippen LogP contribution in [0.1, 0.15) is 56.1 Å². The van der Waals surface area contributed by atoms with Crippen LogP contribution in [0.3, 0.4) is 0 Å². The molecule has 3 fully saturated rings. The number of hydrogen-bond acceptors (Lipinski definition) is 3. The molecule has 0 radical (unpaired) electrons. The Kier molecular flexibility index (Phi) is 6.69. The fourth-order valence-electron chi connectivity index (χ4n) is 5.23. The van der Waals surface area contributed by atoms with Crippen molar-refractivity contribution in [3.63, 3.8) is 0 Å². The monoisotopic (exact) mass is 409 g/mol. The summed E-state index contributed by atoms with van der Waals surface area (Å²) in [5.74, 6) is 0.685.